The van der Waals surface area contributed by atoms with Gasteiger partial charge in [-0.15, -0.1) is 0 Å². The molecule has 1 aromatic carbocycles. The molecule has 124 valence electrons. The minimum absolute atomic E-state index is 0.126. The van der Waals surface area contributed by atoms with Crippen LogP contribution in [-0.4, -0.2) is 15.5 Å². The monoisotopic (exact) mass is 380 g/mol. The van der Waals surface area contributed by atoms with Gasteiger partial charge in [-0.25, -0.2) is 4.98 Å². The molecule has 0 N–H and O–H groups in total. The summed E-state index contributed by atoms with van der Waals surface area (Å²) in [4.78, 5) is 29.2. The van der Waals surface area contributed by atoms with Gasteiger partial charge in [0.15, 0.2) is 6.73 Å². The van der Waals surface area contributed by atoms with Gasteiger partial charge >= 0.3 is 5.97 Å². The molecule has 0 amide bonds. The molecule has 0 aliphatic carbocycles. The third-order valence-electron chi connectivity index (χ3n) is 3.56. The van der Waals surface area contributed by atoms with Crippen molar-refractivity contribution >= 4 is 32.8 Å². The number of aryl methyl sites for hydroxylation is 2. The lowest BCUT2D eigenvalue weighted by atomic mass is 9.98. The lowest BCUT2D eigenvalue weighted by molar-refractivity contribution is -0.157. The van der Waals surface area contributed by atoms with E-state index in [0.29, 0.717) is 22.1 Å². The number of carbonyl (C=O) groups is 1. The Kier molecular flexibility index (Phi) is 4.94. The molecule has 6 heteroatoms. The van der Waals surface area contributed by atoms with E-state index in [1.165, 1.54) is 4.57 Å². The van der Waals surface area contributed by atoms with E-state index in [1.807, 2.05) is 19.1 Å². The van der Waals surface area contributed by atoms with Gasteiger partial charge in [0.25, 0.3) is 5.56 Å². The second-order valence-electron chi connectivity index (χ2n) is 6.65. The van der Waals surface area contributed by atoms with Crippen LogP contribution in [0.3, 0.4) is 0 Å². The quantitative estimate of drug-likeness (QED) is 0.604. The van der Waals surface area contributed by atoms with Crippen molar-refractivity contribution in [2.75, 3.05) is 0 Å². The third-order valence-corrected chi connectivity index (χ3v) is 4.16. The first-order valence-corrected chi connectivity index (χ1v) is 8.51. The van der Waals surface area contributed by atoms with E-state index in [2.05, 4.69) is 20.9 Å². The van der Waals surface area contributed by atoms with Crippen LogP contribution >= 0.6 is 15.9 Å². The average molecular weight is 381 g/mol. The van der Waals surface area contributed by atoms with E-state index >= 15 is 0 Å². The number of fused-ring (bicyclic) bond motifs is 1. The first kappa shape index (κ1) is 17.7. The minimum Gasteiger partial charge on any atom is -0.443 e. The normalized spacial score (nSPS) is 11.7. The molecule has 0 aliphatic rings. The molecule has 5 nitrogen and oxygen atoms in total. The van der Waals surface area contributed by atoms with Crippen molar-refractivity contribution in [2.24, 2.45) is 5.41 Å². The summed E-state index contributed by atoms with van der Waals surface area (Å²) < 4.78 is 6.67. The Morgan fingerprint density at radius 2 is 1.96 bits per heavy atom. The van der Waals surface area contributed by atoms with Crippen LogP contribution in [0.25, 0.3) is 10.9 Å². The van der Waals surface area contributed by atoms with Crippen molar-refractivity contribution in [3.05, 3.63) is 39.4 Å². The predicted octanol–water partition coefficient (Wildman–Crippen LogP) is 3.46. The largest absolute Gasteiger partial charge is 0.443 e. The van der Waals surface area contributed by atoms with E-state index in [-0.39, 0.29) is 18.3 Å². The maximum atomic E-state index is 12.8. The number of rotatable bonds is 3. The summed E-state index contributed by atoms with van der Waals surface area (Å²) in [6.45, 7) is 8.90. The molecule has 0 saturated heterocycles. The third kappa shape index (κ3) is 3.63. The average Bonchev–Trinajstić information content (AvgIpc) is 2.44. The number of carbonyl (C=O) groups excluding carboxylic acids is 1. The number of halogens is 1. The van der Waals surface area contributed by atoms with Gasteiger partial charge in [0, 0.05) is 5.33 Å². The highest BCUT2D eigenvalue weighted by atomic mass is 79.9. The molecular formula is C17H21BrN2O3. The van der Waals surface area contributed by atoms with Crippen LogP contribution in [0.15, 0.2) is 16.9 Å². The van der Waals surface area contributed by atoms with Crippen molar-refractivity contribution in [2.45, 2.75) is 46.7 Å². The molecule has 2 aromatic rings. The van der Waals surface area contributed by atoms with Crippen LogP contribution in [-0.2, 0) is 21.6 Å². The molecule has 2 rings (SSSR count). The Bertz CT molecular complexity index is 819. The van der Waals surface area contributed by atoms with Crippen LogP contribution in [0.2, 0.25) is 0 Å². The highest BCUT2D eigenvalue weighted by Gasteiger charge is 2.23. The Labute approximate surface area is 143 Å². The summed E-state index contributed by atoms with van der Waals surface area (Å²) >= 11 is 3.42. The van der Waals surface area contributed by atoms with Gasteiger partial charge in [0.05, 0.1) is 16.3 Å². The summed E-state index contributed by atoms with van der Waals surface area (Å²) in [6.07, 6.45) is 0. The van der Waals surface area contributed by atoms with Gasteiger partial charge in [0.1, 0.15) is 5.82 Å². The number of hydrogen-bond acceptors (Lipinski definition) is 4. The zero-order valence-corrected chi connectivity index (χ0v) is 15.7. The lowest BCUT2D eigenvalue weighted by Crippen LogP contribution is -2.30. The second kappa shape index (κ2) is 6.43. The van der Waals surface area contributed by atoms with E-state index in [1.54, 1.807) is 27.7 Å². The maximum Gasteiger partial charge on any atom is 0.312 e. The highest BCUT2D eigenvalue weighted by Crippen LogP contribution is 2.20. The van der Waals surface area contributed by atoms with E-state index < -0.39 is 5.41 Å². The topological polar surface area (TPSA) is 61.2 Å². The zero-order chi connectivity index (χ0) is 17.4. The fourth-order valence-corrected chi connectivity index (χ4v) is 2.73. The van der Waals surface area contributed by atoms with Gasteiger partial charge < -0.3 is 4.74 Å². The van der Waals surface area contributed by atoms with Crippen LogP contribution < -0.4 is 5.56 Å². The minimum atomic E-state index is -0.611. The lowest BCUT2D eigenvalue weighted by Gasteiger charge is -2.18. The van der Waals surface area contributed by atoms with Crippen molar-refractivity contribution in [3.63, 3.8) is 0 Å². The van der Waals surface area contributed by atoms with Gasteiger partial charge in [-0.1, -0.05) is 22.0 Å². The zero-order valence-electron chi connectivity index (χ0n) is 14.1. The van der Waals surface area contributed by atoms with Gasteiger partial charge in [-0.3, -0.25) is 14.2 Å². The summed E-state index contributed by atoms with van der Waals surface area (Å²) in [6, 6.07) is 3.85. The summed E-state index contributed by atoms with van der Waals surface area (Å²) in [5, 5.41) is 1.12. The van der Waals surface area contributed by atoms with Gasteiger partial charge in [-0.05, 0) is 51.8 Å². The van der Waals surface area contributed by atoms with Crippen LogP contribution in [0.5, 0.6) is 0 Å². The molecule has 0 spiro atoms. The Morgan fingerprint density at radius 3 is 2.52 bits per heavy atom. The fraction of sp³-hybridized carbons (Fsp3) is 0.471. The Hall–Kier alpha value is -1.69. The molecule has 0 radical (unpaired) electrons. The van der Waals surface area contributed by atoms with E-state index in [0.717, 1.165) is 11.1 Å². The molecule has 1 heterocycles. The van der Waals surface area contributed by atoms with Crippen molar-refractivity contribution in [3.8, 4) is 0 Å². The smallest absolute Gasteiger partial charge is 0.312 e. The molecule has 0 fully saturated rings. The van der Waals surface area contributed by atoms with Crippen molar-refractivity contribution in [1.82, 2.24) is 9.55 Å². The van der Waals surface area contributed by atoms with Crippen LogP contribution in [0.4, 0.5) is 0 Å². The summed E-state index contributed by atoms with van der Waals surface area (Å²) in [5.74, 6) is 0.170. The highest BCUT2D eigenvalue weighted by molar-refractivity contribution is 9.08. The van der Waals surface area contributed by atoms with E-state index in [4.69, 9.17) is 4.74 Å². The van der Waals surface area contributed by atoms with Gasteiger partial charge in [0.2, 0.25) is 0 Å². The van der Waals surface area contributed by atoms with Gasteiger partial charge in [-0.2, -0.15) is 0 Å². The SMILES string of the molecule is Cc1cc(CBr)c2c(=O)n(COC(=O)C(C)(C)C)c(C)nc2c1. The number of alkyl halides is 1. The molecule has 1 aromatic heterocycles. The number of hydrogen-bond donors (Lipinski definition) is 0. The standard InChI is InChI=1S/C17H21BrN2O3/c1-10-6-12(8-18)14-13(7-10)19-11(2)20(15(14)21)9-23-16(22)17(3,4)5/h6-7H,8-9H2,1-5H3. The number of benzene rings is 1. The molecule has 23 heavy (non-hydrogen) atoms. The molecule has 0 unspecified atom stereocenters. The van der Waals surface area contributed by atoms with Crippen LogP contribution in [0.1, 0.15) is 37.7 Å². The number of esters is 1. The van der Waals surface area contributed by atoms with Crippen molar-refractivity contribution < 1.29 is 9.53 Å². The van der Waals surface area contributed by atoms with Crippen molar-refractivity contribution in [1.29, 1.82) is 0 Å². The predicted molar refractivity (Wildman–Crippen MR) is 93.7 cm³/mol. The van der Waals surface area contributed by atoms with E-state index in [9.17, 15) is 9.59 Å². The summed E-state index contributed by atoms with van der Waals surface area (Å²) in [7, 11) is 0. The maximum absolute atomic E-state index is 12.8. The molecule has 0 atom stereocenters. The Balaban J connectivity index is 2.52. The molecule has 0 bridgehead atoms. The number of nitrogens with zero attached hydrogens (tertiary/aromatic N) is 2. The Morgan fingerprint density at radius 1 is 1.30 bits per heavy atom. The molecular weight excluding hydrogens is 360 g/mol. The molecule has 0 aliphatic heterocycles. The number of aromatic nitrogens is 2. The first-order valence-electron chi connectivity index (χ1n) is 7.39. The fourth-order valence-electron chi connectivity index (χ4n) is 2.29. The summed E-state index contributed by atoms with van der Waals surface area (Å²) in [5.41, 5.74) is 1.80. The second-order valence-corrected chi connectivity index (χ2v) is 7.22. The first-order chi connectivity index (χ1) is 10.6. The number of ether oxygens (including phenoxy) is 1. The van der Waals surface area contributed by atoms with Crippen LogP contribution in [0, 0.1) is 19.3 Å². The molecule has 0 saturated carbocycles.